The summed E-state index contributed by atoms with van der Waals surface area (Å²) in [5, 5.41) is 2.61. The molecule has 4 nitrogen and oxygen atoms in total. The van der Waals surface area contributed by atoms with E-state index in [4.69, 9.17) is 11.5 Å². The summed E-state index contributed by atoms with van der Waals surface area (Å²) < 4.78 is 50.3. The summed E-state index contributed by atoms with van der Waals surface area (Å²) in [6.45, 7) is 0.0680. The molecule has 2 aromatic rings. The highest BCUT2D eigenvalue weighted by Gasteiger charge is 2.08. The van der Waals surface area contributed by atoms with Gasteiger partial charge in [0.1, 0.15) is 34.6 Å². The van der Waals surface area contributed by atoms with Crippen LogP contribution in [-0.4, -0.2) is 11.2 Å². The van der Waals surface area contributed by atoms with E-state index in [1.54, 1.807) is 0 Å². The number of amides is 1. The number of nitrogen functional groups attached to an aromatic ring is 2. The maximum absolute atomic E-state index is 13.0. The molecule has 1 amide bonds. The molecule has 2 aromatic carbocycles. The van der Waals surface area contributed by atoms with Crippen molar-refractivity contribution in [2.45, 2.75) is 6.54 Å². The molecule has 0 saturated carbocycles. The molecule has 0 heterocycles. The van der Waals surface area contributed by atoms with Crippen LogP contribution in [0, 0.1) is 23.3 Å². The van der Waals surface area contributed by atoms with Crippen LogP contribution in [0.25, 0.3) is 0 Å². The Hall–Kier alpha value is -2.29. The van der Waals surface area contributed by atoms with Gasteiger partial charge in [-0.15, -0.1) is 0 Å². The van der Waals surface area contributed by atoms with Crippen LogP contribution in [0.4, 0.5) is 28.9 Å². The summed E-state index contributed by atoms with van der Waals surface area (Å²) in [6, 6.07) is 5.66. The standard InChI is InChI=1S/C9H9BrF2N2O.C6H5F2N/c10-3-8(15)14-4-5-1-6(11)9(13)7(12)2-5;7-4-2-1-3-5(8)6(4)9/h1-2H,3-4,13H2,(H,14,15);1-3H,9H2. The number of benzene rings is 2. The molecule has 9 heteroatoms. The molecule has 0 fully saturated rings. The minimum Gasteiger partial charge on any atom is -0.394 e. The fourth-order valence-electron chi connectivity index (χ4n) is 1.50. The molecule has 0 aliphatic carbocycles. The predicted molar refractivity (Wildman–Crippen MR) is 87.2 cm³/mol. The molecule has 0 radical (unpaired) electrons. The van der Waals surface area contributed by atoms with E-state index >= 15 is 0 Å². The van der Waals surface area contributed by atoms with Gasteiger partial charge in [0.15, 0.2) is 0 Å². The van der Waals surface area contributed by atoms with E-state index in [9.17, 15) is 22.4 Å². The average molecular weight is 408 g/mol. The zero-order valence-electron chi connectivity index (χ0n) is 12.3. The number of anilines is 2. The van der Waals surface area contributed by atoms with Gasteiger partial charge < -0.3 is 16.8 Å². The van der Waals surface area contributed by atoms with Crippen LogP contribution in [0.5, 0.6) is 0 Å². The highest BCUT2D eigenvalue weighted by atomic mass is 79.9. The second-order valence-corrected chi connectivity index (χ2v) is 5.08. The Labute approximate surface area is 144 Å². The number of alkyl halides is 1. The smallest absolute Gasteiger partial charge is 0.230 e. The third-order valence-corrected chi connectivity index (χ3v) is 3.26. The lowest BCUT2D eigenvalue weighted by Crippen LogP contribution is -2.23. The van der Waals surface area contributed by atoms with E-state index in [1.807, 2.05) is 0 Å². The first kappa shape index (κ1) is 19.8. The van der Waals surface area contributed by atoms with E-state index < -0.39 is 34.6 Å². The van der Waals surface area contributed by atoms with Crippen LogP contribution >= 0.6 is 15.9 Å². The average Bonchev–Trinajstić information content (AvgIpc) is 2.55. The maximum Gasteiger partial charge on any atom is 0.230 e. The van der Waals surface area contributed by atoms with E-state index in [-0.39, 0.29) is 17.8 Å². The van der Waals surface area contributed by atoms with E-state index in [0.717, 1.165) is 24.3 Å². The van der Waals surface area contributed by atoms with Crippen LogP contribution in [0.15, 0.2) is 30.3 Å². The van der Waals surface area contributed by atoms with Gasteiger partial charge in [-0.05, 0) is 29.8 Å². The van der Waals surface area contributed by atoms with Crippen molar-refractivity contribution in [3.05, 3.63) is 59.2 Å². The van der Waals surface area contributed by atoms with Crippen LogP contribution in [0.2, 0.25) is 0 Å². The normalized spacial score (nSPS) is 9.88. The quantitative estimate of drug-likeness (QED) is 0.415. The van der Waals surface area contributed by atoms with Crippen LogP contribution in [-0.2, 0) is 11.3 Å². The first-order chi connectivity index (χ1) is 11.3. The zero-order valence-corrected chi connectivity index (χ0v) is 13.8. The number of nitrogens with one attached hydrogen (secondary N) is 1. The predicted octanol–water partition coefficient (Wildman–Crippen LogP) is 3.11. The van der Waals surface area contributed by atoms with Gasteiger partial charge in [0.05, 0.1) is 5.33 Å². The number of carbonyl (C=O) groups is 1. The van der Waals surface area contributed by atoms with Gasteiger partial charge in [0.25, 0.3) is 0 Å². The Morgan fingerprint density at radius 1 is 0.958 bits per heavy atom. The van der Waals surface area contributed by atoms with Gasteiger partial charge in [-0.1, -0.05) is 22.0 Å². The minimum atomic E-state index is -0.821. The highest BCUT2D eigenvalue weighted by molar-refractivity contribution is 9.09. The van der Waals surface area contributed by atoms with Gasteiger partial charge >= 0.3 is 0 Å². The summed E-state index contributed by atoms with van der Waals surface area (Å²) >= 11 is 2.95. The van der Waals surface area contributed by atoms with Gasteiger partial charge in [-0.2, -0.15) is 0 Å². The number of hydrogen-bond acceptors (Lipinski definition) is 3. The van der Waals surface area contributed by atoms with E-state index in [2.05, 4.69) is 21.2 Å². The minimum absolute atomic E-state index is 0.0680. The Morgan fingerprint density at radius 2 is 1.42 bits per heavy atom. The topological polar surface area (TPSA) is 81.1 Å². The van der Waals surface area contributed by atoms with Crippen molar-refractivity contribution in [1.82, 2.24) is 5.32 Å². The molecule has 0 aliphatic rings. The molecule has 0 aromatic heterocycles. The van der Waals surface area contributed by atoms with Crippen molar-refractivity contribution < 1.29 is 22.4 Å². The lowest BCUT2D eigenvalue weighted by molar-refractivity contribution is -0.118. The van der Waals surface area contributed by atoms with E-state index in [1.165, 1.54) is 6.07 Å². The molecular formula is C15H14BrF4N3O. The van der Waals surface area contributed by atoms with Crippen molar-refractivity contribution in [1.29, 1.82) is 0 Å². The Balaban J connectivity index is 0.000000272. The summed E-state index contributed by atoms with van der Waals surface area (Å²) in [7, 11) is 0. The Bertz CT molecular complexity index is 685. The van der Waals surface area contributed by atoms with Crippen molar-refractivity contribution in [3.8, 4) is 0 Å². The monoisotopic (exact) mass is 407 g/mol. The zero-order chi connectivity index (χ0) is 18.3. The molecule has 0 unspecified atom stereocenters. The highest BCUT2D eigenvalue weighted by Crippen LogP contribution is 2.17. The third-order valence-electron chi connectivity index (χ3n) is 2.75. The first-order valence-electron chi connectivity index (χ1n) is 6.51. The number of carbonyl (C=O) groups excluding carboxylic acids is 1. The molecule has 130 valence electrons. The van der Waals surface area contributed by atoms with Gasteiger partial charge in [0.2, 0.25) is 5.91 Å². The largest absolute Gasteiger partial charge is 0.394 e. The molecule has 0 atom stereocenters. The molecule has 24 heavy (non-hydrogen) atoms. The second-order valence-electron chi connectivity index (χ2n) is 4.52. The summed E-state index contributed by atoms with van der Waals surface area (Å²) in [5.41, 5.74) is 9.42. The molecule has 2 rings (SSSR count). The van der Waals surface area contributed by atoms with Crippen LogP contribution in [0.1, 0.15) is 5.56 Å². The van der Waals surface area contributed by atoms with E-state index in [0.29, 0.717) is 5.56 Å². The van der Waals surface area contributed by atoms with Crippen molar-refractivity contribution in [2.24, 2.45) is 0 Å². The first-order valence-corrected chi connectivity index (χ1v) is 7.64. The molecule has 0 aliphatic heterocycles. The third kappa shape index (κ3) is 5.73. The second kappa shape index (κ2) is 9.11. The molecule has 5 N–H and O–H groups in total. The summed E-state index contributed by atoms with van der Waals surface area (Å²) in [4.78, 5) is 10.9. The number of rotatable bonds is 3. The Kier molecular flexibility index (Phi) is 7.50. The fourth-order valence-corrected chi connectivity index (χ4v) is 1.70. The van der Waals surface area contributed by atoms with Gasteiger partial charge in [-0.25, -0.2) is 17.6 Å². The molecule has 0 bridgehead atoms. The lowest BCUT2D eigenvalue weighted by atomic mass is 10.2. The van der Waals surface area contributed by atoms with Crippen molar-refractivity contribution >= 4 is 33.2 Å². The summed E-state index contributed by atoms with van der Waals surface area (Å²) in [6.07, 6.45) is 0. The number of halogens is 5. The van der Waals surface area contributed by atoms with Crippen LogP contribution < -0.4 is 16.8 Å². The maximum atomic E-state index is 13.0. The molecule has 0 saturated heterocycles. The summed E-state index contributed by atoms with van der Waals surface area (Å²) in [5.74, 6) is -3.33. The van der Waals surface area contributed by atoms with Crippen molar-refractivity contribution in [3.63, 3.8) is 0 Å². The van der Waals surface area contributed by atoms with Crippen LogP contribution in [0.3, 0.4) is 0 Å². The SMILES string of the molecule is Nc1c(F)cc(CNC(=O)CBr)cc1F.Nc1c(F)cccc1F. The number of nitrogens with two attached hydrogens (primary N) is 2. The van der Waals surface area contributed by atoms with Crippen molar-refractivity contribution in [2.75, 3.05) is 16.8 Å². The number of para-hydroxylation sites is 1. The lowest BCUT2D eigenvalue weighted by Gasteiger charge is -2.05. The fraction of sp³-hybridized carbons (Fsp3) is 0.133. The number of hydrogen-bond donors (Lipinski definition) is 3. The van der Waals surface area contributed by atoms with Gasteiger partial charge in [-0.3, -0.25) is 4.79 Å². The molecular weight excluding hydrogens is 394 g/mol. The molecule has 0 spiro atoms. The van der Waals surface area contributed by atoms with Gasteiger partial charge in [0, 0.05) is 6.54 Å². The Morgan fingerprint density at radius 3 is 1.83 bits per heavy atom.